The lowest BCUT2D eigenvalue weighted by Gasteiger charge is -2.22. The quantitative estimate of drug-likeness (QED) is 0.841. The highest BCUT2D eigenvalue weighted by Crippen LogP contribution is 2.31. The summed E-state index contributed by atoms with van der Waals surface area (Å²) in [6.45, 7) is 3.93. The molecule has 1 amide bonds. The van der Waals surface area contributed by atoms with Gasteiger partial charge >= 0.3 is 0 Å². The molecule has 1 aliphatic rings. The molecule has 1 aromatic carbocycles. The number of primary sulfonamides is 1. The first-order chi connectivity index (χ1) is 9.63. The smallest absolute Gasteiger partial charge is 0.256 e. The van der Waals surface area contributed by atoms with E-state index in [4.69, 9.17) is 9.88 Å². The van der Waals surface area contributed by atoms with Crippen LogP contribution in [0, 0.1) is 6.92 Å². The van der Waals surface area contributed by atoms with Crippen LogP contribution in [0.25, 0.3) is 0 Å². The molecule has 1 atom stereocenters. The third-order valence-corrected chi connectivity index (χ3v) is 5.23. The van der Waals surface area contributed by atoms with Gasteiger partial charge in [-0.15, -0.1) is 0 Å². The number of rotatable bonds is 3. The summed E-state index contributed by atoms with van der Waals surface area (Å²) in [6, 6.07) is 2.96. The fraction of sp³-hybridized carbons (Fsp3) is 0.462. The molecule has 21 heavy (non-hydrogen) atoms. The van der Waals surface area contributed by atoms with Crippen molar-refractivity contribution >= 4 is 37.5 Å². The molecule has 0 radical (unpaired) electrons. The van der Waals surface area contributed by atoms with Crippen molar-refractivity contribution in [3.63, 3.8) is 0 Å². The van der Waals surface area contributed by atoms with E-state index in [1.807, 2.05) is 0 Å². The van der Waals surface area contributed by atoms with Crippen LogP contribution in [0.15, 0.2) is 21.5 Å². The monoisotopic (exact) mass is 376 g/mol. The van der Waals surface area contributed by atoms with Crippen LogP contribution in [0.2, 0.25) is 0 Å². The maximum atomic E-state index is 12.3. The molecule has 1 heterocycles. The van der Waals surface area contributed by atoms with Gasteiger partial charge in [-0.3, -0.25) is 4.79 Å². The minimum Gasteiger partial charge on any atom is -0.365 e. The number of sulfonamides is 1. The van der Waals surface area contributed by atoms with Gasteiger partial charge in [-0.25, -0.2) is 13.6 Å². The van der Waals surface area contributed by atoms with E-state index in [0.717, 1.165) is 6.42 Å². The van der Waals surface area contributed by atoms with Crippen molar-refractivity contribution in [3.05, 3.63) is 22.2 Å². The van der Waals surface area contributed by atoms with Crippen molar-refractivity contribution in [2.24, 2.45) is 5.14 Å². The number of ether oxygens (including phenoxy) is 1. The number of hydrogen-bond acceptors (Lipinski definition) is 4. The molecule has 1 aliphatic heterocycles. The summed E-state index contributed by atoms with van der Waals surface area (Å²) in [7, 11) is -3.80. The number of benzene rings is 1. The van der Waals surface area contributed by atoms with Crippen LogP contribution in [0.1, 0.15) is 25.3 Å². The SMILES string of the molecule is Cc1cc(NC(=O)C2(C)CCCO2)c(Br)cc1S(N)(=O)=O. The van der Waals surface area contributed by atoms with E-state index >= 15 is 0 Å². The molecule has 1 aromatic rings. The molecule has 0 spiro atoms. The summed E-state index contributed by atoms with van der Waals surface area (Å²) in [5, 5.41) is 7.91. The van der Waals surface area contributed by atoms with Crippen LogP contribution in [0.3, 0.4) is 0 Å². The van der Waals surface area contributed by atoms with Gasteiger partial charge in [0.25, 0.3) is 5.91 Å². The number of halogens is 1. The van der Waals surface area contributed by atoms with E-state index in [1.165, 1.54) is 6.07 Å². The summed E-state index contributed by atoms with van der Waals surface area (Å²) in [5.74, 6) is -0.247. The summed E-state index contributed by atoms with van der Waals surface area (Å²) < 4.78 is 28.8. The molecular weight excluding hydrogens is 360 g/mol. The third kappa shape index (κ3) is 3.45. The topological polar surface area (TPSA) is 98.5 Å². The lowest BCUT2D eigenvalue weighted by atomic mass is 10.0. The second-order valence-electron chi connectivity index (χ2n) is 5.28. The van der Waals surface area contributed by atoms with Gasteiger partial charge in [0.1, 0.15) is 5.60 Å². The number of carbonyl (C=O) groups is 1. The van der Waals surface area contributed by atoms with Gasteiger partial charge in [0.2, 0.25) is 10.0 Å². The van der Waals surface area contributed by atoms with Crippen molar-refractivity contribution in [1.82, 2.24) is 0 Å². The molecule has 3 N–H and O–H groups in total. The van der Waals surface area contributed by atoms with E-state index in [2.05, 4.69) is 21.2 Å². The number of anilines is 1. The highest BCUT2D eigenvalue weighted by atomic mass is 79.9. The number of amides is 1. The Labute approximate surface area is 132 Å². The zero-order valence-corrected chi connectivity index (χ0v) is 14.2. The summed E-state index contributed by atoms with van der Waals surface area (Å²) in [4.78, 5) is 12.3. The second kappa shape index (κ2) is 5.68. The fourth-order valence-electron chi connectivity index (χ4n) is 2.28. The molecule has 6 nitrogen and oxygen atoms in total. The molecule has 0 aliphatic carbocycles. The molecule has 8 heteroatoms. The lowest BCUT2D eigenvalue weighted by molar-refractivity contribution is -0.133. The number of nitrogens with two attached hydrogens (primary N) is 1. The highest BCUT2D eigenvalue weighted by molar-refractivity contribution is 9.10. The zero-order valence-electron chi connectivity index (χ0n) is 11.8. The molecular formula is C13H17BrN2O4S. The van der Waals surface area contributed by atoms with Gasteiger partial charge in [0, 0.05) is 11.1 Å². The van der Waals surface area contributed by atoms with Crippen LogP contribution in [0.5, 0.6) is 0 Å². The van der Waals surface area contributed by atoms with Gasteiger partial charge in [-0.05, 0) is 60.3 Å². The Morgan fingerprint density at radius 2 is 2.14 bits per heavy atom. The molecule has 1 fully saturated rings. The Kier molecular flexibility index (Phi) is 4.44. The number of nitrogens with one attached hydrogen (secondary N) is 1. The second-order valence-corrected chi connectivity index (χ2v) is 7.66. The third-order valence-electron chi connectivity index (χ3n) is 3.52. The molecule has 0 aromatic heterocycles. The van der Waals surface area contributed by atoms with Crippen molar-refractivity contribution in [2.45, 2.75) is 37.2 Å². The molecule has 0 saturated carbocycles. The summed E-state index contributed by atoms with van der Waals surface area (Å²) in [5.41, 5.74) is 0.113. The standard InChI is InChI=1S/C13H17BrN2O4S/c1-8-6-10(9(14)7-11(8)21(15,18)19)16-12(17)13(2)4-3-5-20-13/h6-7H,3-5H2,1-2H3,(H,16,17)(H2,15,18,19). The Bertz CT molecular complexity index is 682. The highest BCUT2D eigenvalue weighted by Gasteiger charge is 2.38. The van der Waals surface area contributed by atoms with Gasteiger partial charge in [0.05, 0.1) is 10.6 Å². The van der Waals surface area contributed by atoms with E-state index < -0.39 is 15.6 Å². The predicted molar refractivity (Wildman–Crippen MR) is 82.5 cm³/mol. The van der Waals surface area contributed by atoms with Gasteiger partial charge in [-0.2, -0.15) is 0 Å². The fourth-order valence-corrected chi connectivity index (χ4v) is 3.66. The zero-order chi connectivity index (χ0) is 15.8. The lowest BCUT2D eigenvalue weighted by Crippen LogP contribution is -2.39. The molecule has 2 rings (SSSR count). The first-order valence-electron chi connectivity index (χ1n) is 6.42. The predicted octanol–water partition coefficient (Wildman–Crippen LogP) is 1.91. The first-order valence-corrected chi connectivity index (χ1v) is 8.76. The Balaban J connectivity index is 2.30. The van der Waals surface area contributed by atoms with Crippen LogP contribution < -0.4 is 10.5 Å². The van der Waals surface area contributed by atoms with E-state index in [1.54, 1.807) is 19.9 Å². The maximum Gasteiger partial charge on any atom is 0.256 e. The van der Waals surface area contributed by atoms with E-state index in [-0.39, 0.29) is 10.8 Å². The number of carbonyl (C=O) groups excluding carboxylic acids is 1. The number of aryl methyl sites for hydroxylation is 1. The molecule has 116 valence electrons. The van der Waals surface area contributed by atoms with Crippen molar-refractivity contribution in [2.75, 3.05) is 11.9 Å². The minimum absolute atomic E-state index is 0.0238. The largest absolute Gasteiger partial charge is 0.365 e. The number of hydrogen-bond donors (Lipinski definition) is 2. The van der Waals surface area contributed by atoms with Gasteiger partial charge in [-0.1, -0.05) is 0 Å². The minimum atomic E-state index is -3.80. The average Bonchev–Trinajstić information content (AvgIpc) is 2.80. The Hall–Kier alpha value is -0.960. The normalized spacial score (nSPS) is 22.3. The molecule has 1 unspecified atom stereocenters. The maximum absolute atomic E-state index is 12.3. The summed E-state index contributed by atoms with van der Waals surface area (Å²) >= 11 is 3.25. The van der Waals surface area contributed by atoms with Crippen LogP contribution in [0.4, 0.5) is 5.69 Å². The Morgan fingerprint density at radius 1 is 1.48 bits per heavy atom. The van der Waals surface area contributed by atoms with Crippen molar-refractivity contribution < 1.29 is 17.9 Å². The van der Waals surface area contributed by atoms with Gasteiger partial charge in [0.15, 0.2) is 0 Å². The van der Waals surface area contributed by atoms with Crippen LogP contribution >= 0.6 is 15.9 Å². The van der Waals surface area contributed by atoms with Crippen LogP contribution in [-0.4, -0.2) is 26.5 Å². The van der Waals surface area contributed by atoms with E-state index in [9.17, 15) is 13.2 Å². The Morgan fingerprint density at radius 3 is 2.67 bits per heavy atom. The summed E-state index contributed by atoms with van der Waals surface area (Å²) in [6.07, 6.45) is 1.50. The molecule has 1 saturated heterocycles. The first kappa shape index (κ1) is 16.4. The van der Waals surface area contributed by atoms with Crippen molar-refractivity contribution in [3.8, 4) is 0 Å². The van der Waals surface area contributed by atoms with Crippen molar-refractivity contribution in [1.29, 1.82) is 0 Å². The molecule has 0 bridgehead atoms. The van der Waals surface area contributed by atoms with Crippen LogP contribution in [-0.2, 0) is 19.6 Å². The van der Waals surface area contributed by atoms with E-state index in [0.29, 0.717) is 28.8 Å². The average molecular weight is 377 g/mol. The van der Waals surface area contributed by atoms with Gasteiger partial charge < -0.3 is 10.1 Å².